The Bertz CT molecular complexity index is 844. The summed E-state index contributed by atoms with van der Waals surface area (Å²) in [7, 11) is 1.42. The average Bonchev–Trinajstić information content (AvgIpc) is 3.01. The number of allylic oxidation sites excluding steroid dienone is 1. The van der Waals surface area contributed by atoms with E-state index in [1.165, 1.54) is 19.4 Å². The van der Waals surface area contributed by atoms with Crippen molar-refractivity contribution in [2.75, 3.05) is 7.11 Å². The van der Waals surface area contributed by atoms with E-state index in [9.17, 15) is 9.90 Å². The fourth-order valence-electron chi connectivity index (χ4n) is 2.27. The molecule has 0 aliphatic carbocycles. The summed E-state index contributed by atoms with van der Waals surface area (Å²) in [5.41, 5.74) is 1.51. The highest BCUT2D eigenvalue weighted by atomic mass is 16.5. The van der Waals surface area contributed by atoms with E-state index < -0.39 is 0 Å². The van der Waals surface area contributed by atoms with Crippen LogP contribution in [0.5, 0.6) is 11.5 Å². The van der Waals surface area contributed by atoms with Gasteiger partial charge in [-0.2, -0.15) is 0 Å². The molecule has 3 rings (SSSR count). The molecule has 0 fully saturated rings. The number of phenols is 1. The van der Waals surface area contributed by atoms with Crippen LogP contribution in [0.25, 0.3) is 17.0 Å². The van der Waals surface area contributed by atoms with Gasteiger partial charge in [0.1, 0.15) is 0 Å². The first-order chi connectivity index (χ1) is 10.7. The van der Waals surface area contributed by atoms with Crippen molar-refractivity contribution in [3.63, 3.8) is 0 Å². The van der Waals surface area contributed by atoms with Gasteiger partial charge in [0.15, 0.2) is 17.1 Å². The van der Waals surface area contributed by atoms with Gasteiger partial charge in [0.2, 0.25) is 5.75 Å². The zero-order valence-corrected chi connectivity index (χ0v) is 11.9. The minimum atomic E-state index is -0.303. The summed E-state index contributed by atoms with van der Waals surface area (Å²) in [6.45, 7) is 0. The van der Waals surface area contributed by atoms with E-state index in [1.807, 2.05) is 30.3 Å². The highest BCUT2D eigenvalue weighted by Gasteiger charge is 2.19. The molecule has 0 amide bonds. The molecule has 0 aliphatic heterocycles. The Hall–Kier alpha value is -3.01. The van der Waals surface area contributed by atoms with Gasteiger partial charge in [-0.3, -0.25) is 4.79 Å². The molecule has 110 valence electrons. The first-order valence-electron chi connectivity index (χ1n) is 6.75. The third-order valence-corrected chi connectivity index (χ3v) is 3.37. The van der Waals surface area contributed by atoms with Crippen LogP contribution in [-0.4, -0.2) is 18.0 Å². The third kappa shape index (κ3) is 2.46. The Morgan fingerprint density at radius 2 is 2.00 bits per heavy atom. The van der Waals surface area contributed by atoms with Crippen molar-refractivity contribution in [2.45, 2.75) is 0 Å². The molecule has 1 aromatic heterocycles. The van der Waals surface area contributed by atoms with Crippen molar-refractivity contribution in [1.29, 1.82) is 0 Å². The molecule has 0 spiro atoms. The monoisotopic (exact) mass is 294 g/mol. The topological polar surface area (TPSA) is 59.7 Å². The summed E-state index contributed by atoms with van der Waals surface area (Å²) in [6, 6.07) is 12.8. The number of hydrogen-bond donors (Lipinski definition) is 1. The van der Waals surface area contributed by atoms with Gasteiger partial charge >= 0.3 is 0 Å². The standard InChI is InChI=1S/C18H14O4/c1-21-18-16(20)14(11-13-9-10-22-17(13)18)15(19)8-7-12-5-3-2-4-6-12/h2-11,20H,1H3/b8-7+. The summed E-state index contributed by atoms with van der Waals surface area (Å²) in [5.74, 6) is -0.352. The number of rotatable bonds is 4. The fourth-order valence-corrected chi connectivity index (χ4v) is 2.27. The highest BCUT2D eigenvalue weighted by Crippen LogP contribution is 2.38. The minimum Gasteiger partial charge on any atom is -0.504 e. The summed E-state index contributed by atoms with van der Waals surface area (Å²) in [5, 5.41) is 10.9. The number of phenolic OH excluding ortho intramolecular Hbond substituents is 1. The maximum Gasteiger partial charge on any atom is 0.205 e. The molecule has 0 aliphatic rings. The summed E-state index contributed by atoms with van der Waals surface area (Å²) >= 11 is 0. The Morgan fingerprint density at radius 3 is 2.73 bits per heavy atom. The zero-order valence-electron chi connectivity index (χ0n) is 11.9. The van der Waals surface area contributed by atoms with Crippen LogP contribution in [0.2, 0.25) is 0 Å². The Labute approximate surface area is 127 Å². The smallest absolute Gasteiger partial charge is 0.205 e. The van der Waals surface area contributed by atoms with Gasteiger partial charge in [0, 0.05) is 5.39 Å². The van der Waals surface area contributed by atoms with Crippen molar-refractivity contribution in [2.24, 2.45) is 0 Å². The van der Waals surface area contributed by atoms with Gasteiger partial charge in [-0.15, -0.1) is 0 Å². The van der Waals surface area contributed by atoms with Gasteiger partial charge < -0.3 is 14.3 Å². The van der Waals surface area contributed by atoms with Crippen molar-refractivity contribution < 1.29 is 19.1 Å². The molecule has 1 N–H and O–H groups in total. The number of hydrogen-bond acceptors (Lipinski definition) is 4. The van der Waals surface area contributed by atoms with Gasteiger partial charge in [0.05, 0.1) is 18.9 Å². The number of ketones is 1. The van der Waals surface area contributed by atoms with Gasteiger partial charge in [-0.1, -0.05) is 36.4 Å². The number of benzene rings is 2. The Balaban J connectivity index is 2.00. The Morgan fingerprint density at radius 1 is 1.23 bits per heavy atom. The molecule has 0 bridgehead atoms. The lowest BCUT2D eigenvalue weighted by Crippen LogP contribution is -1.97. The fraction of sp³-hybridized carbons (Fsp3) is 0.0556. The van der Waals surface area contributed by atoms with E-state index in [-0.39, 0.29) is 22.8 Å². The van der Waals surface area contributed by atoms with Crippen LogP contribution < -0.4 is 4.74 Å². The first-order valence-corrected chi connectivity index (χ1v) is 6.75. The van der Waals surface area contributed by atoms with E-state index in [0.717, 1.165) is 5.56 Å². The molecule has 22 heavy (non-hydrogen) atoms. The lowest BCUT2D eigenvalue weighted by atomic mass is 10.0. The third-order valence-electron chi connectivity index (χ3n) is 3.37. The second kappa shape index (κ2) is 5.77. The molecule has 4 heteroatoms. The number of methoxy groups -OCH3 is 1. The number of carbonyl (C=O) groups excluding carboxylic acids is 1. The van der Waals surface area contributed by atoms with E-state index in [0.29, 0.717) is 11.0 Å². The molecule has 3 aromatic rings. The second-order valence-electron chi connectivity index (χ2n) is 4.75. The molecule has 0 saturated heterocycles. The van der Waals surface area contributed by atoms with Gasteiger partial charge in [0.25, 0.3) is 0 Å². The predicted molar refractivity (Wildman–Crippen MR) is 84.2 cm³/mol. The average molecular weight is 294 g/mol. The molecular formula is C18H14O4. The largest absolute Gasteiger partial charge is 0.504 e. The lowest BCUT2D eigenvalue weighted by molar-refractivity contribution is 0.104. The minimum absolute atomic E-state index is 0.166. The van der Waals surface area contributed by atoms with E-state index in [4.69, 9.17) is 9.15 Å². The summed E-state index contributed by atoms with van der Waals surface area (Å²) in [6.07, 6.45) is 4.62. The summed E-state index contributed by atoms with van der Waals surface area (Å²) in [4.78, 5) is 12.3. The van der Waals surface area contributed by atoms with Gasteiger partial charge in [-0.05, 0) is 23.8 Å². The molecule has 0 unspecified atom stereocenters. The molecule has 1 heterocycles. The number of furan rings is 1. The molecule has 0 atom stereocenters. The zero-order chi connectivity index (χ0) is 15.5. The van der Waals surface area contributed by atoms with Crippen LogP contribution in [0.4, 0.5) is 0 Å². The van der Waals surface area contributed by atoms with Crippen LogP contribution in [0, 0.1) is 0 Å². The van der Waals surface area contributed by atoms with Crippen molar-refractivity contribution in [3.8, 4) is 11.5 Å². The van der Waals surface area contributed by atoms with Crippen LogP contribution in [0.1, 0.15) is 15.9 Å². The molecule has 0 radical (unpaired) electrons. The molecule has 4 nitrogen and oxygen atoms in total. The lowest BCUT2D eigenvalue weighted by Gasteiger charge is -2.07. The van der Waals surface area contributed by atoms with Crippen LogP contribution in [0.15, 0.2) is 59.2 Å². The number of carbonyl (C=O) groups is 1. The van der Waals surface area contributed by atoms with E-state index in [2.05, 4.69) is 0 Å². The first kappa shape index (κ1) is 13.9. The Kier molecular flexibility index (Phi) is 3.66. The quantitative estimate of drug-likeness (QED) is 0.582. The van der Waals surface area contributed by atoms with Gasteiger partial charge in [-0.25, -0.2) is 0 Å². The van der Waals surface area contributed by atoms with Crippen molar-refractivity contribution >= 4 is 22.8 Å². The number of ether oxygens (including phenoxy) is 1. The van der Waals surface area contributed by atoms with Crippen molar-refractivity contribution in [3.05, 3.63) is 65.9 Å². The van der Waals surface area contributed by atoms with E-state index in [1.54, 1.807) is 18.2 Å². The maximum atomic E-state index is 12.3. The molecular weight excluding hydrogens is 280 g/mol. The van der Waals surface area contributed by atoms with E-state index >= 15 is 0 Å². The molecule has 0 saturated carbocycles. The normalized spacial score (nSPS) is 11.1. The van der Waals surface area contributed by atoms with Crippen LogP contribution in [-0.2, 0) is 0 Å². The van der Waals surface area contributed by atoms with Crippen LogP contribution >= 0.6 is 0 Å². The predicted octanol–water partition coefficient (Wildman–Crippen LogP) is 4.04. The number of aromatic hydroxyl groups is 1. The van der Waals surface area contributed by atoms with Crippen LogP contribution in [0.3, 0.4) is 0 Å². The summed E-state index contributed by atoms with van der Waals surface area (Å²) < 4.78 is 10.4. The SMILES string of the molecule is COc1c(O)c(C(=O)/C=C/c2ccccc2)cc2ccoc12. The molecule has 2 aromatic carbocycles. The van der Waals surface area contributed by atoms with Crippen molar-refractivity contribution in [1.82, 2.24) is 0 Å². The maximum absolute atomic E-state index is 12.3. The number of fused-ring (bicyclic) bond motifs is 1. The highest BCUT2D eigenvalue weighted by molar-refractivity contribution is 6.11. The second-order valence-corrected chi connectivity index (χ2v) is 4.75.